The van der Waals surface area contributed by atoms with Crippen molar-refractivity contribution in [2.75, 3.05) is 0 Å². The highest BCUT2D eigenvalue weighted by molar-refractivity contribution is 5.81. The van der Waals surface area contributed by atoms with Gasteiger partial charge in [-0.2, -0.15) is 0 Å². The van der Waals surface area contributed by atoms with E-state index >= 15 is 0 Å². The molecule has 28 heavy (non-hydrogen) atoms. The molecule has 0 atom stereocenters. The lowest BCUT2D eigenvalue weighted by atomic mass is 10.1. The Morgan fingerprint density at radius 1 is 0.571 bits per heavy atom. The van der Waals surface area contributed by atoms with Crippen LogP contribution in [-0.4, -0.2) is 19.9 Å². The summed E-state index contributed by atoms with van der Waals surface area (Å²) in [5.41, 5.74) is 2.34. The molecule has 134 valence electrons. The maximum atomic E-state index is 12.4. The average molecular weight is 366 g/mol. The van der Waals surface area contributed by atoms with Crippen LogP contribution >= 0.6 is 0 Å². The van der Waals surface area contributed by atoms with Crippen molar-refractivity contribution in [2.24, 2.45) is 0 Å². The van der Waals surface area contributed by atoms with E-state index in [1.165, 1.54) is 0 Å². The highest BCUT2D eigenvalue weighted by Crippen LogP contribution is 2.23. The molecule has 2 aromatic heterocycles. The minimum absolute atomic E-state index is 0.191. The molecule has 5 rings (SSSR count). The summed E-state index contributed by atoms with van der Waals surface area (Å²) >= 11 is 0. The second kappa shape index (κ2) is 6.28. The van der Waals surface area contributed by atoms with Gasteiger partial charge in [-0.25, -0.2) is 9.97 Å². The summed E-state index contributed by atoms with van der Waals surface area (Å²) in [5, 5.41) is 1.09. The van der Waals surface area contributed by atoms with E-state index < -0.39 is 0 Å². The lowest BCUT2D eigenvalue weighted by Crippen LogP contribution is -2.10. The van der Waals surface area contributed by atoms with Gasteiger partial charge in [-0.05, 0) is 30.3 Å². The van der Waals surface area contributed by atoms with Gasteiger partial charge in [-0.1, -0.05) is 42.5 Å². The van der Waals surface area contributed by atoms with Crippen LogP contribution in [0.1, 0.15) is 0 Å². The monoisotopic (exact) mass is 366 g/mol. The van der Waals surface area contributed by atoms with Crippen LogP contribution in [0.5, 0.6) is 0 Å². The smallest absolute Gasteiger partial charge is 0.259 e. The topological polar surface area (TPSA) is 91.5 Å². The summed E-state index contributed by atoms with van der Waals surface area (Å²) in [6.45, 7) is 0. The average Bonchev–Trinajstić information content (AvgIpc) is 2.74. The van der Waals surface area contributed by atoms with Crippen LogP contribution in [0.3, 0.4) is 0 Å². The molecule has 3 aromatic carbocycles. The van der Waals surface area contributed by atoms with Crippen molar-refractivity contribution >= 4 is 21.8 Å². The zero-order valence-corrected chi connectivity index (χ0v) is 14.6. The van der Waals surface area contributed by atoms with Crippen LogP contribution in [0.2, 0.25) is 0 Å². The van der Waals surface area contributed by atoms with E-state index in [4.69, 9.17) is 0 Å². The van der Waals surface area contributed by atoms with Crippen LogP contribution < -0.4 is 11.1 Å². The first-order valence-corrected chi connectivity index (χ1v) is 8.78. The fourth-order valence-corrected chi connectivity index (χ4v) is 3.26. The van der Waals surface area contributed by atoms with E-state index in [0.717, 1.165) is 11.1 Å². The van der Waals surface area contributed by atoms with E-state index in [1.54, 1.807) is 36.4 Å². The quantitative estimate of drug-likeness (QED) is 0.500. The zero-order chi connectivity index (χ0) is 19.1. The van der Waals surface area contributed by atoms with Crippen molar-refractivity contribution in [3.8, 4) is 22.8 Å². The molecule has 0 unspecified atom stereocenters. The van der Waals surface area contributed by atoms with Gasteiger partial charge in [-0.3, -0.25) is 9.59 Å². The fourth-order valence-electron chi connectivity index (χ4n) is 3.26. The molecule has 6 nitrogen and oxygen atoms in total. The fraction of sp³-hybridized carbons (Fsp3) is 0. The van der Waals surface area contributed by atoms with Crippen LogP contribution in [0.25, 0.3) is 44.6 Å². The molecular weight excluding hydrogens is 352 g/mol. The Morgan fingerprint density at radius 3 is 1.54 bits per heavy atom. The molecule has 0 radical (unpaired) electrons. The number of fused-ring (bicyclic) bond motifs is 2. The zero-order valence-electron chi connectivity index (χ0n) is 14.6. The molecule has 0 saturated carbocycles. The van der Waals surface area contributed by atoms with E-state index in [0.29, 0.717) is 33.5 Å². The third-order valence-electron chi connectivity index (χ3n) is 4.64. The second-order valence-electron chi connectivity index (χ2n) is 6.44. The Labute approximate surface area is 158 Å². The van der Waals surface area contributed by atoms with Gasteiger partial charge in [-0.15, -0.1) is 0 Å². The van der Waals surface area contributed by atoms with Crippen LogP contribution in [0.15, 0.2) is 82.4 Å². The molecule has 5 aromatic rings. The SMILES string of the molecule is O=c1[nH]c(-c2cccc(-c3nc4ccccc4c(=O)[nH]3)c2)nc2ccccc12. The van der Waals surface area contributed by atoms with Crippen molar-refractivity contribution in [1.82, 2.24) is 19.9 Å². The van der Waals surface area contributed by atoms with Gasteiger partial charge < -0.3 is 9.97 Å². The Bertz CT molecular complexity index is 1360. The highest BCUT2D eigenvalue weighted by Gasteiger charge is 2.09. The van der Waals surface area contributed by atoms with Gasteiger partial charge in [0.15, 0.2) is 0 Å². The summed E-state index contributed by atoms with van der Waals surface area (Å²) in [6.07, 6.45) is 0. The lowest BCUT2D eigenvalue weighted by molar-refractivity contribution is 1.17. The molecule has 0 bridgehead atoms. The van der Waals surface area contributed by atoms with Gasteiger partial charge in [0, 0.05) is 11.1 Å². The molecule has 2 heterocycles. The molecule has 0 aliphatic heterocycles. The molecule has 0 spiro atoms. The van der Waals surface area contributed by atoms with Crippen LogP contribution in [0, 0.1) is 0 Å². The number of benzene rings is 3. The number of hydrogen-bond acceptors (Lipinski definition) is 4. The second-order valence-corrected chi connectivity index (χ2v) is 6.44. The number of nitrogens with zero attached hydrogens (tertiary/aromatic N) is 2. The van der Waals surface area contributed by atoms with Crippen molar-refractivity contribution < 1.29 is 0 Å². The minimum Gasteiger partial charge on any atom is -0.306 e. The molecule has 0 aliphatic carbocycles. The normalized spacial score (nSPS) is 11.1. The number of aromatic nitrogens is 4. The number of para-hydroxylation sites is 2. The molecule has 0 amide bonds. The van der Waals surface area contributed by atoms with Crippen molar-refractivity contribution in [3.63, 3.8) is 0 Å². The van der Waals surface area contributed by atoms with E-state index in [1.807, 2.05) is 36.4 Å². The third kappa shape index (κ3) is 2.68. The largest absolute Gasteiger partial charge is 0.306 e. The predicted octanol–water partition coefficient (Wildman–Crippen LogP) is 3.49. The molecule has 6 heteroatoms. The molecule has 0 aliphatic rings. The summed E-state index contributed by atoms with van der Waals surface area (Å²) in [4.78, 5) is 39.5. The summed E-state index contributed by atoms with van der Waals surface area (Å²) < 4.78 is 0. The van der Waals surface area contributed by atoms with Gasteiger partial charge in [0.1, 0.15) is 11.6 Å². The molecule has 0 saturated heterocycles. The van der Waals surface area contributed by atoms with E-state index in [2.05, 4.69) is 19.9 Å². The molecule has 0 fully saturated rings. The maximum absolute atomic E-state index is 12.4. The first kappa shape index (κ1) is 16.1. The van der Waals surface area contributed by atoms with Crippen molar-refractivity contribution in [3.05, 3.63) is 93.5 Å². The van der Waals surface area contributed by atoms with Gasteiger partial charge in [0.05, 0.1) is 21.8 Å². The predicted molar refractivity (Wildman–Crippen MR) is 109 cm³/mol. The number of aromatic amines is 2. The van der Waals surface area contributed by atoms with Crippen LogP contribution in [-0.2, 0) is 0 Å². The van der Waals surface area contributed by atoms with Crippen molar-refractivity contribution in [1.29, 1.82) is 0 Å². The minimum atomic E-state index is -0.191. The number of H-pyrrole nitrogens is 2. The number of rotatable bonds is 2. The first-order chi connectivity index (χ1) is 13.7. The Morgan fingerprint density at radius 2 is 1.04 bits per heavy atom. The molecule has 2 N–H and O–H groups in total. The van der Waals surface area contributed by atoms with Crippen LogP contribution in [0.4, 0.5) is 0 Å². The number of hydrogen-bond donors (Lipinski definition) is 2. The first-order valence-electron chi connectivity index (χ1n) is 8.78. The number of nitrogens with one attached hydrogen (secondary N) is 2. The van der Waals surface area contributed by atoms with Gasteiger partial charge >= 0.3 is 0 Å². The van der Waals surface area contributed by atoms with E-state index in [-0.39, 0.29) is 11.1 Å². The lowest BCUT2D eigenvalue weighted by Gasteiger charge is -2.07. The standard InChI is InChI=1S/C22H14N4O2/c27-21-15-8-1-3-10-17(15)23-19(25-21)13-6-5-7-14(12-13)20-24-18-11-4-2-9-16(18)22(28)26-20/h1-12H,(H,23,25,27)(H,24,26,28). The summed E-state index contributed by atoms with van der Waals surface area (Å²) in [7, 11) is 0. The highest BCUT2D eigenvalue weighted by atomic mass is 16.1. The summed E-state index contributed by atoms with van der Waals surface area (Å²) in [5.74, 6) is 0.933. The van der Waals surface area contributed by atoms with Crippen molar-refractivity contribution in [2.45, 2.75) is 0 Å². The van der Waals surface area contributed by atoms with E-state index in [9.17, 15) is 9.59 Å². The third-order valence-corrected chi connectivity index (χ3v) is 4.64. The Balaban J connectivity index is 1.67. The van der Waals surface area contributed by atoms with Gasteiger partial charge in [0.25, 0.3) is 11.1 Å². The van der Waals surface area contributed by atoms with Gasteiger partial charge in [0.2, 0.25) is 0 Å². The molecular formula is C22H14N4O2. The Kier molecular flexibility index (Phi) is 3.62. The Hall–Kier alpha value is -4.06. The maximum Gasteiger partial charge on any atom is 0.259 e. The summed E-state index contributed by atoms with van der Waals surface area (Å²) in [6, 6.07) is 21.8.